The monoisotopic (exact) mass is 204 g/mol. The third kappa shape index (κ3) is 5.38. The zero-order valence-corrected chi connectivity index (χ0v) is 9.70. The van der Waals surface area contributed by atoms with Gasteiger partial charge in [-0.2, -0.15) is 0 Å². The molecule has 1 nitrogen and oxygen atoms in total. The summed E-state index contributed by atoms with van der Waals surface area (Å²) in [6, 6.07) is 10.3. The van der Waals surface area contributed by atoms with E-state index in [0.717, 1.165) is 26.1 Å². The van der Waals surface area contributed by atoms with Gasteiger partial charge in [-0.1, -0.05) is 42.0 Å². The Kier molecular flexibility index (Phi) is 5.79. The van der Waals surface area contributed by atoms with Crippen LogP contribution < -0.4 is 0 Å². The highest BCUT2D eigenvalue weighted by Gasteiger charge is 1.92. The van der Waals surface area contributed by atoms with Crippen LogP contribution in [0, 0.1) is 0 Å². The van der Waals surface area contributed by atoms with E-state index < -0.39 is 0 Å². The Morgan fingerprint density at radius 3 is 2.67 bits per heavy atom. The van der Waals surface area contributed by atoms with Gasteiger partial charge in [0.15, 0.2) is 0 Å². The quantitative estimate of drug-likeness (QED) is 0.503. The van der Waals surface area contributed by atoms with E-state index in [4.69, 9.17) is 4.74 Å². The van der Waals surface area contributed by atoms with E-state index in [0.29, 0.717) is 0 Å². The molecule has 0 aliphatic rings. The van der Waals surface area contributed by atoms with Crippen LogP contribution in [-0.2, 0) is 11.3 Å². The Bertz CT molecular complexity index is 287. The van der Waals surface area contributed by atoms with Crippen LogP contribution in [0.3, 0.4) is 0 Å². The molecule has 0 amide bonds. The lowest BCUT2D eigenvalue weighted by atomic mass is 10.2. The van der Waals surface area contributed by atoms with Gasteiger partial charge in [0.05, 0.1) is 6.61 Å². The summed E-state index contributed by atoms with van der Waals surface area (Å²) in [5.74, 6) is 0. The highest BCUT2D eigenvalue weighted by molar-refractivity contribution is 5.13. The standard InChI is InChI=1S/C14H20O/c1-3-13(2)8-7-11-15-12-14-9-5-4-6-10-14/h3-6,9-10H,7-8,11-12H2,1-2H3. The molecule has 1 aromatic carbocycles. The van der Waals surface area contributed by atoms with Crippen LogP contribution in [0.4, 0.5) is 0 Å². The second-order valence-corrected chi connectivity index (χ2v) is 3.78. The first kappa shape index (κ1) is 12.0. The van der Waals surface area contributed by atoms with Gasteiger partial charge in [-0.15, -0.1) is 0 Å². The van der Waals surface area contributed by atoms with Crippen LogP contribution in [0.2, 0.25) is 0 Å². The van der Waals surface area contributed by atoms with Crippen LogP contribution in [0.5, 0.6) is 0 Å². The van der Waals surface area contributed by atoms with E-state index in [-0.39, 0.29) is 0 Å². The molecule has 0 spiro atoms. The highest BCUT2D eigenvalue weighted by atomic mass is 16.5. The zero-order chi connectivity index (χ0) is 10.9. The number of hydrogen-bond acceptors (Lipinski definition) is 1. The van der Waals surface area contributed by atoms with E-state index in [1.54, 1.807) is 0 Å². The molecule has 0 heterocycles. The largest absolute Gasteiger partial charge is 0.377 e. The maximum Gasteiger partial charge on any atom is 0.0716 e. The Morgan fingerprint density at radius 2 is 2.00 bits per heavy atom. The highest BCUT2D eigenvalue weighted by Crippen LogP contribution is 2.05. The summed E-state index contributed by atoms with van der Waals surface area (Å²) in [6.45, 7) is 5.83. The molecule has 0 aromatic heterocycles. The van der Waals surface area contributed by atoms with E-state index in [9.17, 15) is 0 Å². The summed E-state index contributed by atoms with van der Waals surface area (Å²) in [6.07, 6.45) is 4.42. The minimum Gasteiger partial charge on any atom is -0.377 e. The van der Waals surface area contributed by atoms with Crippen molar-refractivity contribution in [3.8, 4) is 0 Å². The van der Waals surface area contributed by atoms with Gasteiger partial charge >= 0.3 is 0 Å². The lowest BCUT2D eigenvalue weighted by molar-refractivity contribution is 0.118. The van der Waals surface area contributed by atoms with Crippen LogP contribution in [-0.4, -0.2) is 6.61 Å². The summed E-state index contributed by atoms with van der Waals surface area (Å²) >= 11 is 0. The van der Waals surface area contributed by atoms with Crippen molar-refractivity contribution in [2.24, 2.45) is 0 Å². The van der Waals surface area contributed by atoms with Crippen molar-refractivity contribution in [2.75, 3.05) is 6.61 Å². The van der Waals surface area contributed by atoms with Crippen molar-refractivity contribution in [3.63, 3.8) is 0 Å². The van der Waals surface area contributed by atoms with Gasteiger partial charge in [0.2, 0.25) is 0 Å². The van der Waals surface area contributed by atoms with Crippen molar-refractivity contribution in [2.45, 2.75) is 33.3 Å². The molecule has 0 saturated carbocycles. The molecule has 0 radical (unpaired) electrons. The van der Waals surface area contributed by atoms with Gasteiger partial charge in [-0.25, -0.2) is 0 Å². The molecular weight excluding hydrogens is 184 g/mol. The maximum atomic E-state index is 5.59. The van der Waals surface area contributed by atoms with Crippen molar-refractivity contribution in [1.29, 1.82) is 0 Å². The number of ether oxygens (including phenoxy) is 1. The summed E-state index contributed by atoms with van der Waals surface area (Å²) in [4.78, 5) is 0. The summed E-state index contributed by atoms with van der Waals surface area (Å²) < 4.78 is 5.59. The molecular formula is C14H20O. The van der Waals surface area contributed by atoms with Gasteiger partial charge < -0.3 is 4.74 Å². The van der Waals surface area contributed by atoms with Crippen molar-refractivity contribution < 1.29 is 4.74 Å². The van der Waals surface area contributed by atoms with Gasteiger partial charge in [-0.05, 0) is 32.3 Å². The lowest BCUT2D eigenvalue weighted by Crippen LogP contribution is -1.95. The van der Waals surface area contributed by atoms with Crippen LogP contribution in [0.15, 0.2) is 42.0 Å². The number of benzene rings is 1. The average Bonchev–Trinajstić information content (AvgIpc) is 2.29. The van der Waals surface area contributed by atoms with Crippen LogP contribution in [0.1, 0.15) is 32.3 Å². The molecule has 0 fully saturated rings. The van der Waals surface area contributed by atoms with Crippen LogP contribution >= 0.6 is 0 Å². The van der Waals surface area contributed by atoms with E-state index in [1.165, 1.54) is 11.1 Å². The Balaban J connectivity index is 2.08. The molecule has 0 aliphatic heterocycles. The molecule has 0 aliphatic carbocycles. The van der Waals surface area contributed by atoms with E-state index in [1.807, 2.05) is 18.2 Å². The fraction of sp³-hybridized carbons (Fsp3) is 0.429. The second-order valence-electron chi connectivity index (χ2n) is 3.78. The first-order valence-electron chi connectivity index (χ1n) is 5.56. The molecule has 0 bridgehead atoms. The number of hydrogen-bond donors (Lipinski definition) is 0. The third-order valence-corrected chi connectivity index (χ3v) is 2.46. The fourth-order valence-corrected chi connectivity index (χ4v) is 1.36. The van der Waals surface area contributed by atoms with E-state index in [2.05, 4.69) is 32.1 Å². The van der Waals surface area contributed by atoms with Crippen LogP contribution in [0.25, 0.3) is 0 Å². The molecule has 0 saturated heterocycles. The Hall–Kier alpha value is -1.08. The van der Waals surface area contributed by atoms with Crippen molar-refractivity contribution in [1.82, 2.24) is 0 Å². The number of allylic oxidation sites excluding steroid dienone is 2. The predicted octanol–water partition coefficient (Wildman–Crippen LogP) is 3.95. The van der Waals surface area contributed by atoms with Gasteiger partial charge in [-0.3, -0.25) is 0 Å². The summed E-state index contributed by atoms with van der Waals surface area (Å²) in [5, 5.41) is 0. The minimum absolute atomic E-state index is 0.732. The van der Waals surface area contributed by atoms with Gasteiger partial charge in [0.1, 0.15) is 0 Å². The first-order chi connectivity index (χ1) is 7.33. The Morgan fingerprint density at radius 1 is 1.27 bits per heavy atom. The molecule has 1 aromatic rings. The lowest BCUT2D eigenvalue weighted by Gasteiger charge is -2.04. The average molecular weight is 204 g/mol. The van der Waals surface area contributed by atoms with Crippen molar-refractivity contribution in [3.05, 3.63) is 47.5 Å². The predicted molar refractivity (Wildman–Crippen MR) is 64.8 cm³/mol. The zero-order valence-electron chi connectivity index (χ0n) is 9.70. The smallest absolute Gasteiger partial charge is 0.0716 e. The van der Waals surface area contributed by atoms with Crippen molar-refractivity contribution >= 4 is 0 Å². The maximum absolute atomic E-state index is 5.59. The third-order valence-electron chi connectivity index (χ3n) is 2.46. The van der Waals surface area contributed by atoms with Gasteiger partial charge in [0.25, 0.3) is 0 Å². The molecule has 15 heavy (non-hydrogen) atoms. The molecule has 0 N–H and O–H groups in total. The normalized spacial score (nSPS) is 11.7. The summed E-state index contributed by atoms with van der Waals surface area (Å²) in [5.41, 5.74) is 2.69. The molecule has 82 valence electrons. The number of rotatable bonds is 6. The van der Waals surface area contributed by atoms with Gasteiger partial charge in [0, 0.05) is 6.61 Å². The molecule has 0 unspecified atom stereocenters. The van der Waals surface area contributed by atoms with E-state index >= 15 is 0 Å². The fourth-order valence-electron chi connectivity index (χ4n) is 1.36. The molecule has 1 rings (SSSR count). The topological polar surface area (TPSA) is 9.23 Å². The SMILES string of the molecule is CC=C(C)CCCOCc1ccccc1. The first-order valence-corrected chi connectivity index (χ1v) is 5.56. The molecule has 0 atom stereocenters. The summed E-state index contributed by atoms with van der Waals surface area (Å²) in [7, 11) is 0. The minimum atomic E-state index is 0.732. The molecule has 1 heteroatoms. The second kappa shape index (κ2) is 7.24. The Labute approximate surface area is 92.8 Å².